The molecule has 1 aromatic carbocycles. The molecule has 0 fully saturated rings. The third-order valence-electron chi connectivity index (χ3n) is 4.71. The summed E-state index contributed by atoms with van der Waals surface area (Å²) in [6.07, 6.45) is 2.80. The lowest BCUT2D eigenvalue weighted by Crippen LogP contribution is -2.44. The van der Waals surface area contributed by atoms with E-state index in [-0.39, 0.29) is 5.56 Å². The molecule has 26 heavy (non-hydrogen) atoms. The van der Waals surface area contributed by atoms with Crippen LogP contribution in [0.15, 0.2) is 41.7 Å². The number of nitrogens with zero attached hydrogens (tertiary/aromatic N) is 2. The first-order valence-electron chi connectivity index (χ1n) is 8.72. The highest BCUT2D eigenvalue weighted by atomic mass is 16.5. The van der Waals surface area contributed by atoms with Gasteiger partial charge < -0.3 is 14.8 Å². The minimum Gasteiger partial charge on any atom is -0.497 e. The molecule has 0 radical (unpaired) electrons. The van der Waals surface area contributed by atoms with E-state index in [1.54, 1.807) is 14.0 Å². The van der Waals surface area contributed by atoms with E-state index in [9.17, 15) is 9.90 Å². The summed E-state index contributed by atoms with van der Waals surface area (Å²) in [5.41, 5.74) is 1.54. The molecule has 0 bridgehead atoms. The number of benzene rings is 1. The minimum absolute atomic E-state index is 0.0959. The highest BCUT2D eigenvalue weighted by Crippen LogP contribution is 2.18. The van der Waals surface area contributed by atoms with Crippen LogP contribution >= 0.6 is 0 Å². The molecular formula is C20H25N3O3. The molecule has 1 atom stereocenters. The van der Waals surface area contributed by atoms with E-state index in [0.717, 1.165) is 23.6 Å². The zero-order valence-corrected chi connectivity index (χ0v) is 15.3. The summed E-state index contributed by atoms with van der Waals surface area (Å²) in [6.45, 7) is 7.07. The van der Waals surface area contributed by atoms with Crippen molar-refractivity contribution in [3.63, 3.8) is 0 Å². The summed E-state index contributed by atoms with van der Waals surface area (Å²) in [7, 11) is 1.63. The van der Waals surface area contributed by atoms with Crippen molar-refractivity contribution in [2.75, 3.05) is 20.2 Å². The van der Waals surface area contributed by atoms with Crippen molar-refractivity contribution in [1.82, 2.24) is 14.9 Å². The van der Waals surface area contributed by atoms with Gasteiger partial charge in [-0.1, -0.05) is 18.2 Å². The van der Waals surface area contributed by atoms with Gasteiger partial charge in [0.2, 0.25) is 0 Å². The predicted molar refractivity (Wildman–Crippen MR) is 100 cm³/mol. The van der Waals surface area contributed by atoms with Crippen LogP contribution in [0.4, 0.5) is 0 Å². The van der Waals surface area contributed by atoms with Crippen molar-refractivity contribution in [3.8, 4) is 5.75 Å². The van der Waals surface area contributed by atoms with E-state index in [1.807, 2.05) is 24.3 Å². The van der Waals surface area contributed by atoms with Gasteiger partial charge in [0.1, 0.15) is 11.6 Å². The number of aromatic amines is 1. The maximum absolute atomic E-state index is 12.5. The molecule has 2 heterocycles. The first-order valence-corrected chi connectivity index (χ1v) is 8.72. The molecule has 0 aliphatic carbocycles. The largest absolute Gasteiger partial charge is 0.497 e. The zero-order valence-electron chi connectivity index (χ0n) is 15.3. The van der Waals surface area contributed by atoms with Crippen LogP contribution in [0.25, 0.3) is 0 Å². The molecule has 1 aromatic heterocycles. The quantitative estimate of drug-likeness (QED) is 0.771. The van der Waals surface area contributed by atoms with Crippen molar-refractivity contribution in [3.05, 3.63) is 69.9 Å². The van der Waals surface area contributed by atoms with Crippen LogP contribution in [0.3, 0.4) is 0 Å². The lowest BCUT2D eigenvalue weighted by atomic mass is 10.0. The number of ether oxygens (including phenoxy) is 1. The molecule has 3 rings (SSSR count). The Morgan fingerprint density at radius 2 is 2.15 bits per heavy atom. The van der Waals surface area contributed by atoms with Crippen molar-refractivity contribution in [1.29, 1.82) is 0 Å². The standard InChI is InChI=1S/C20H25N3O3/c1-4-20(2,25)13-23-10-9-17-16(12-23)19(24)22-18(21-17)11-14-5-7-15(26-3)8-6-14/h4-8,25H,1,9-13H2,2-3H3,(H,21,22,24). The highest BCUT2D eigenvalue weighted by Gasteiger charge is 2.26. The van der Waals surface area contributed by atoms with E-state index < -0.39 is 5.60 Å². The van der Waals surface area contributed by atoms with Crippen LogP contribution in [0.1, 0.15) is 29.6 Å². The summed E-state index contributed by atoms with van der Waals surface area (Å²) < 4.78 is 5.16. The lowest BCUT2D eigenvalue weighted by Gasteiger charge is -2.32. The number of H-pyrrole nitrogens is 1. The second kappa shape index (κ2) is 7.43. The van der Waals surface area contributed by atoms with Crippen LogP contribution in [0, 0.1) is 0 Å². The Morgan fingerprint density at radius 3 is 2.81 bits per heavy atom. The van der Waals surface area contributed by atoms with Gasteiger partial charge >= 0.3 is 0 Å². The number of methoxy groups -OCH3 is 1. The summed E-state index contributed by atoms with van der Waals surface area (Å²) in [4.78, 5) is 22.2. The van der Waals surface area contributed by atoms with Gasteiger partial charge in [-0.05, 0) is 24.6 Å². The van der Waals surface area contributed by atoms with Crippen molar-refractivity contribution in [2.24, 2.45) is 0 Å². The minimum atomic E-state index is -0.966. The van der Waals surface area contributed by atoms with Crippen LogP contribution in [0.5, 0.6) is 5.75 Å². The molecule has 0 saturated heterocycles. The van der Waals surface area contributed by atoms with E-state index in [0.29, 0.717) is 37.3 Å². The first-order chi connectivity index (χ1) is 12.4. The van der Waals surface area contributed by atoms with Gasteiger partial charge in [-0.2, -0.15) is 0 Å². The average Bonchev–Trinajstić information content (AvgIpc) is 2.63. The highest BCUT2D eigenvalue weighted by molar-refractivity contribution is 5.29. The molecule has 0 spiro atoms. The van der Waals surface area contributed by atoms with Crippen molar-refractivity contribution >= 4 is 0 Å². The number of rotatable bonds is 6. The van der Waals surface area contributed by atoms with Gasteiger partial charge in [0.15, 0.2) is 0 Å². The fraction of sp³-hybridized carbons (Fsp3) is 0.400. The first kappa shape index (κ1) is 18.4. The van der Waals surface area contributed by atoms with E-state index in [2.05, 4.69) is 21.4 Å². The van der Waals surface area contributed by atoms with Gasteiger partial charge in [-0.3, -0.25) is 9.69 Å². The Bertz CT molecular complexity index is 840. The maximum Gasteiger partial charge on any atom is 0.255 e. The number of aliphatic hydroxyl groups is 1. The lowest BCUT2D eigenvalue weighted by molar-refractivity contribution is 0.0561. The van der Waals surface area contributed by atoms with E-state index in [1.165, 1.54) is 6.08 Å². The van der Waals surface area contributed by atoms with Crippen LogP contribution < -0.4 is 10.3 Å². The summed E-state index contributed by atoms with van der Waals surface area (Å²) in [5.74, 6) is 1.47. The van der Waals surface area contributed by atoms with Gasteiger partial charge in [0.05, 0.1) is 24.0 Å². The SMILES string of the molecule is C=CC(C)(O)CN1CCc2nc(Cc3ccc(OC)cc3)[nH]c(=O)c2C1. The summed E-state index contributed by atoms with van der Waals surface area (Å²) in [5, 5.41) is 10.2. The summed E-state index contributed by atoms with van der Waals surface area (Å²) >= 11 is 0. The predicted octanol–water partition coefficient (Wildman–Crippen LogP) is 1.66. The van der Waals surface area contributed by atoms with Gasteiger partial charge in [-0.15, -0.1) is 6.58 Å². The number of fused-ring (bicyclic) bond motifs is 1. The molecular weight excluding hydrogens is 330 g/mol. The fourth-order valence-corrected chi connectivity index (χ4v) is 3.21. The summed E-state index contributed by atoms with van der Waals surface area (Å²) in [6, 6.07) is 7.74. The van der Waals surface area contributed by atoms with Crippen LogP contribution in [0.2, 0.25) is 0 Å². The topological polar surface area (TPSA) is 78.5 Å². The maximum atomic E-state index is 12.5. The molecule has 1 aliphatic rings. The Hall–Kier alpha value is -2.44. The molecule has 2 N–H and O–H groups in total. The molecule has 138 valence electrons. The molecule has 0 amide bonds. The molecule has 1 unspecified atom stereocenters. The smallest absolute Gasteiger partial charge is 0.255 e. The average molecular weight is 355 g/mol. The monoisotopic (exact) mass is 355 g/mol. The number of nitrogens with one attached hydrogen (secondary N) is 1. The molecule has 0 saturated carbocycles. The Labute approximate surface area is 153 Å². The van der Waals surface area contributed by atoms with Gasteiger partial charge in [-0.25, -0.2) is 4.98 Å². The fourth-order valence-electron chi connectivity index (χ4n) is 3.21. The third kappa shape index (κ3) is 4.20. The Balaban J connectivity index is 1.76. The molecule has 6 heteroatoms. The molecule has 2 aromatic rings. The second-order valence-corrected chi connectivity index (χ2v) is 6.98. The zero-order chi connectivity index (χ0) is 18.7. The van der Waals surface area contributed by atoms with E-state index in [4.69, 9.17) is 4.74 Å². The van der Waals surface area contributed by atoms with Crippen LogP contribution in [-0.4, -0.2) is 45.8 Å². The number of aromatic nitrogens is 2. The molecule has 1 aliphatic heterocycles. The third-order valence-corrected chi connectivity index (χ3v) is 4.71. The normalized spacial score (nSPS) is 16.6. The van der Waals surface area contributed by atoms with Crippen molar-refractivity contribution in [2.45, 2.75) is 31.9 Å². The second-order valence-electron chi connectivity index (χ2n) is 6.98. The Morgan fingerprint density at radius 1 is 1.42 bits per heavy atom. The van der Waals surface area contributed by atoms with Crippen molar-refractivity contribution < 1.29 is 9.84 Å². The van der Waals surface area contributed by atoms with Gasteiger partial charge in [0.25, 0.3) is 5.56 Å². The Kier molecular flexibility index (Phi) is 5.25. The number of β-amino-alcohol motifs (C(OH)–C–C–N with tert-alkyl or cyclic N) is 1. The van der Waals surface area contributed by atoms with E-state index >= 15 is 0 Å². The number of hydrogen-bond donors (Lipinski definition) is 2. The van der Waals surface area contributed by atoms with Gasteiger partial charge in [0, 0.05) is 32.5 Å². The molecule has 6 nitrogen and oxygen atoms in total. The number of hydrogen-bond acceptors (Lipinski definition) is 5. The van der Waals surface area contributed by atoms with Crippen LogP contribution in [-0.2, 0) is 19.4 Å².